The molecule has 1 saturated heterocycles. The molecular formula is C20H29NO4. The average Bonchev–Trinajstić information content (AvgIpc) is 2.66. The highest BCUT2D eigenvalue weighted by molar-refractivity contribution is 5.78. The Labute approximate surface area is 150 Å². The molecule has 1 aromatic rings. The van der Waals surface area contributed by atoms with Crippen molar-refractivity contribution in [3.05, 3.63) is 29.8 Å². The zero-order valence-electron chi connectivity index (χ0n) is 15.5. The number of para-hydroxylation sites is 1. The Bertz CT molecular complexity index is 579. The number of esters is 1. The smallest absolute Gasteiger partial charge is 0.309 e. The molecule has 1 aromatic carbocycles. The van der Waals surface area contributed by atoms with Crippen molar-refractivity contribution >= 4 is 11.9 Å². The van der Waals surface area contributed by atoms with E-state index in [0.29, 0.717) is 38.5 Å². The molecule has 1 fully saturated rings. The maximum absolute atomic E-state index is 12.4. The number of piperidine rings is 1. The van der Waals surface area contributed by atoms with E-state index in [1.165, 1.54) is 0 Å². The van der Waals surface area contributed by atoms with Crippen molar-refractivity contribution in [3.8, 4) is 5.75 Å². The second-order valence-electron chi connectivity index (χ2n) is 6.54. The normalized spacial score (nSPS) is 16.4. The van der Waals surface area contributed by atoms with E-state index >= 15 is 0 Å². The van der Waals surface area contributed by atoms with Crippen molar-refractivity contribution in [2.45, 2.75) is 46.0 Å². The molecule has 138 valence electrons. The van der Waals surface area contributed by atoms with Crippen LogP contribution in [-0.2, 0) is 14.3 Å². The van der Waals surface area contributed by atoms with Gasteiger partial charge in [0.05, 0.1) is 12.5 Å². The van der Waals surface area contributed by atoms with Crippen LogP contribution in [0, 0.1) is 5.92 Å². The topological polar surface area (TPSA) is 55.8 Å². The molecule has 1 atom stereocenters. The molecule has 1 aliphatic rings. The summed E-state index contributed by atoms with van der Waals surface area (Å²) >= 11 is 0. The zero-order chi connectivity index (χ0) is 18.2. The van der Waals surface area contributed by atoms with E-state index in [1.807, 2.05) is 25.1 Å². The van der Waals surface area contributed by atoms with Gasteiger partial charge in [-0.2, -0.15) is 0 Å². The number of nitrogens with zero attached hydrogens (tertiary/aromatic N) is 1. The molecule has 5 heteroatoms. The summed E-state index contributed by atoms with van der Waals surface area (Å²) < 4.78 is 10.9. The molecule has 1 unspecified atom stereocenters. The molecule has 2 rings (SSSR count). The van der Waals surface area contributed by atoms with Gasteiger partial charge in [-0.1, -0.05) is 32.0 Å². The van der Waals surface area contributed by atoms with E-state index in [-0.39, 0.29) is 24.4 Å². The summed E-state index contributed by atoms with van der Waals surface area (Å²) in [6.07, 6.45) is 2.34. The van der Waals surface area contributed by atoms with Crippen molar-refractivity contribution in [3.63, 3.8) is 0 Å². The predicted octanol–water partition coefficient (Wildman–Crippen LogP) is 3.38. The molecule has 0 aliphatic carbocycles. The lowest BCUT2D eigenvalue weighted by molar-refractivity contribution is -0.151. The highest BCUT2D eigenvalue weighted by Gasteiger charge is 2.28. The van der Waals surface area contributed by atoms with E-state index < -0.39 is 0 Å². The van der Waals surface area contributed by atoms with Gasteiger partial charge in [0.15, 0.2) is 6.61 Å². The Hall–Kier alpha value is -2.04. The summed E-state index contributed by atoms with van der Waals surface area (Å²) in [5.41, 5.74) is 1.14. The maximum Gasteiger partial charge on any atom is 0.309 e. The van der Waals surface area contributed by atoms with Crippen molar-refractivity contribution < 1.29 is 19.1 Å². The summed E-state index contributed by atoms with van der Waals surface area (Å²) in [6.45, 7) is 7.71. The Morgan fingerprint density at radius 2 is 1.88 bits per heavy atom. The van der Waals surface area contributed by atoms with Gasteiger partial charge in [-0.25, -0.2) is 0 Å². The molecule has 25 heavy (non-hydrogen) atoms. The Morgan fingerprint density at radius 3 is 2.52 bits per heavy atom. The lowest BCUT2D eigenvalue weighted by Gasteiger charge is -2.31. The second-order valence-corrected chi connectivity index (χ2v) is 6.54. The number of ether oxygens (including phenoxy) is 2. The number of hydrogen-bond acceptors (Lipinski definition) is 4. The first-order chi connectivity index (χ1) is 12.1. The van der Waals surface area contributed by atoms with Gasteiger partial charge in [0, 0.05) is 13.1 Å². The Kier molecular flexibility index (Phi) is 7.29. The highest BCUT2D eigenvalue weighted by atomic mass is 16.5. The number of amides is 1. The minimum absolute atomic E-state index is 0.0266. The third kappa shape index (κ3) is 5.21. The van der Waals surface area contributed by atoms with Crippen molar-refractivity contribution in [2.75, 3.05) is 26.3 Å². The molecule has 0 N–H and O–H groups in total. The molecule has 1 amide bonds. The zero-order valence-corrected chi connectivity index (χ0v) is 15.5. The van der Waals surface area contributed by atoms with Crippen LogP contribution in [0.15, 0.2) is 24.3 Å². The molecular weight excluding hydrogens is 318 g/mol. The van der Waals surface area contributed by atoms with Gasteiger partial charge in [0.1, 0.15) is 5.75 Å². The fourth-order valence-corrected chi connectivity index (χ4v) is 3.09. The van der Waals surface area contributed by atoms with Crippen LogP contribution >= 0.6 is 0 Å². The number of likely N-dealkylation sites (tertiary alicyclic amines) is 1. The fourth-order valence-electron chi connectivity index (χ4n) is 3.09. The lowest BCUT2D eigenvalue weighted by atomic mass is 9.97. The third-order valence-corrected chi connectivity index (χ3v) is 4.88. The summed E-state index contributed by atoms with van der Waals surface area (Å²) in [5.74, 6) is 0.920. The quantitative estimate of drug-likeness (QED) is 0.710. The largest absolute Gasteiger partial charge is 0.483 e. The van der Waals surface area contributed by atoms with Crippen LogP contribution in [0.25, 0.3) is 0 Å². The monoisotopic (exact) mass is 347 g/mol. The molecule has 1 aliphatic heterocycles. The summed E-state index contributed by atoms with van der Waals surface area (Å²) in [4.78, 5) is 26.0. The predicted molar refractivity (Wildman–Crippen MR) is 96.6 cm³/mol. The molecule has 0 aromatic heterocycles. The molecule has 5 nitrogen and oxygen atoms in total. The van der Waals surface area contributed by atoms with Gasteiger partial charge in [-0.3, -0.25) is 9.59 Å². The molecule has 1 heterocycles. The summed E-state index contributed by atoms with van der Waals surface area (Å²) in [6, 6.07) is 7.90. The van der Waals surface area contributed by atoms with Crippen molar-refractivity contribution in [1.82, 2.24) is 4.90 Å². The molecule has 0 saturated carbocycles. The van der Waals surface area contributed by atoms with Crippen LogP contribution < -0.4 is 4.74 Å². The third-order valence-electron chi connectivity index (χ3n) is 4.88. The van der Waals surface area contributed by atoms with E-state index in [2.05, 4.69) is 19.9 Å². The van der Waals surface area contributed by atoms with Crippen molar-refractivity contribution in [1.29, 1.82) is 0 Å². The first-order valence-corrected chi connectivity index (χ1v) is 9.22. The van der Waals surface area contributed by atoms with Crippen LogP contribution in [-0.4, -0.2) is 43.1 Å². The first kappa shape index (κ1) is 19.3. The minimum atomic E-state index is -0.145. The summed E-state index contributed by atoms with van der Waals surface area (Å²) in [5, 5.41) is 0. The summed E-state index contributed by atoms with van der Waals surface area (Å²) in [7, 11) is 0. The average molecular weight is 347 g/mol. The van der Waals surface area contributed by atoms with Gasteiger partial charge in [-0.05, 0) is 43.7 Å². The van der Waals surface area contributed by atoms with E-state index in [4.69, 9.17) is 9.47 Å². The number of hydrogen-bond donors (Lipinski definition) is 0. The van der Waals surface area contributed by atoms with E-state index in [1.54, 1.807) is 4.90 Å². The van der Waals surface area contributed by atoms with Gasteiger partial charge in [-0.15, -0.1) is 0 Å². The van der Waals surface area contributed by atoms with Crippen LogP contribution in [0.4, 0.5) is 0 Å². The maximum atomic E-state index is 12.4. The van der Waals surface area contributed by atoms with Gasteiger partial charge in [0.2, 0.25) is 0 Å². The van der Waals surface area contributed by atoms with Crippen LogP contribution in [0.2, 0.25) is 0 Å². The molecule has 0 radical (unpaired) electrons. The van der Waals surface area contributed by atoms with Crippen molar-refractivity contribution in [2.24, 2.45) is 5.92 Å². The standard InChI is InChI=1S/C20H29NO4/c1-4-15(3)17-8-6-7-9-18(17)25-14-19(22)21-12-10-16(11-13-21)20(23)24-5-2/h6-9,15-16H,4-5,10-14H2,1-3H3. The van der Waals surface area contributed by atoms with Crippen LogP contribution in [0.1, 0.15) is 51.5 Å². The van der Waals surface area contributed by atoms with Crippen LogP contribution in [0.3, 0.4) is 0 Å². The number of rotatable bonds is 7. The minimum Gasteiger partial charge on any atom is -0.483 e. The number of benzene rings is 1. The fraction of sp³-hybridized carbons (Fsp3) is 0.600. The molecule has 0 bridgehead atoms. The number of carbonyl (C=O) groups is 2. The number of carbonyl (C=O) groups excluding carboxylic acids is 2. The Balaban J connectivity index is 1.85. The van der Waals surface area contributed by atoms with Gasteiger partial charge >= 0.3 is 5.97 Å². The SMILES string of the molecule is CCOC(=O)C1CCN(C(=O)COc2ccccc2C(C)CC)CC1. The van der Waals surface area contributed by atoms with Crippen LogP contribution in [0.5, 0.6) is 5.75 Å². The van der Waals surface area contributed by atoms with Gasteiger partial charge < -0.3 is 14.4 Å². The lowest BCUT2D eigenvalue weighted by Crippen LogP contribution is -2.42. The first-order valence-electron chi connectivity index (χ1n) is 9.22. The van der Waals surface area contributed by atoms with E-state index in [0.717, 1.165) is 17.7 Å². The van der Waals surface area contributed by atoms with Gasteiger partial charge in [0.25, 0.3) is 5.91 Å². The second kappa shape index (κ2) is 9.44. The van der Waals surface area contributed by atoms with E-state index in [9.17, 15) is 9.59 Å². The Morgan fingerprint density at radius 1 is 1.20 bits per heavy atom. The molecule has 0 spiro atoms. The highest BCUT2D eigenvalue weighted by Crippen LogP contribution is 2.28.